The summed E-state index contributed by atoms with van der Waals surface area (Å²) >= 11 is 0. The Hall–Kier alpha value is -3.27. The zero-order chi connectivity index (χ0) is 19.6. The maximum absolute atomic E-state index is 12.2. The first-order valence-corrected chi connectivity index (χ1v) is 9.57. The predicted molar refractivity (Wildman–Crippen MR) is 112 cm³/mol. The first-order chi connectivity index (χ1) is 13.7. The van der Waals surface area contributed by atoms with Crippen LogP contribution in [0, 0.1) is 0 Å². The molecule has 0 atom stereocenters. The molecule has 0 saturated carbocycles. The molecule has 3 rings (SSSR count). The summed E-state index contributed by atoms with van der Waals surface area (Å²) in [6.07, 6.45) is 3.41. The first-order valence-electron chi connectivity index (χ1n) is 9.57. The zero-order valence-corrected chi connectivity index (χ0v) is 16.1. The molecular formula is C24H25NO3. The number of hydrogen-bond donors (Lipinski definition) is 1. The number of unbranched alkanes of at least 4 members (excludes halogenated alkanes) is 1. The number of nitrogens with one attached hydrogen (secondary N) is 1. The molecule has 0 aliphatic rings. The van der Waals surface area contributed by atoms with Gasteiger partial charge in [0, 0.05) is 11.8 Å². The number of anilines is 1. The van der Waals surface area contributed by atoms with Crippen LogP contribution in [0.25, 0.3) is 0 Å². The van der Waals surface area contributed by atoms with Crippen molar-refractivity contribution in [3.63, 3.8) is 0 Å². The molecule has 28 heavy (non-hydrogen) atoms. The highest BCUT2D eigenvalue weighted by molar-refractivity contribution is 5.91. The third-order valence-electron chi connectivity index (χ3n) is 4.21. The average Bonchev–Trinajstić information content (AvgIpc) is 2.73. The molecule has 0 aliphatic heterocycles. The lowest BCUT2D eigenvalue weighted by Crippen LogP contribution is -2.20. The van der Waals surface area contributed by atoms with E-state index < -0.39 is 0 Å². The molecule has 0 unspecified atom stereocenters. The van der Waals surface area contributed by atoms with Crippen molar-refractivity contribution in [2.45, 2.75) is 26.2 Å². The molecule has 0 aromatic heterocycles. The molecule has 0 spiro atoms. The minimum absolute atomic E-state index is 0.0631. The maximum atomic E-state index is 12.2. The fourth-order valence-corrected chi connectivity index (χ4v) is 2.73. The Morgan fingerprint density at radius 1 is 0.857 bits per heavy atom. The van der Waals surface area contributed by atoms with Crippen LogP contribution in [-0.2, 0) is 11.2 Å². The molecule has 0 fully saturated rings. The number of aryl methyl sites for hydroxylation is 1. The Kier molecular flexibility index (Phi) is 7.08. The molecule has 4 nitrogen and oxygen atoms in total. The molecule has 0 radical (unpaired) electrons. The van der Waals surface area contributed by atoms with Crippen LogP contribution in [0.3, 0.4) is 0 Å². The Labute approximate surface area is 166 Å². The van der Waals surface area contributed by atoms with Crippen molar-refractivity contribution in [2.24, 2.45) is 0 Å². The largest absolute Gasteiger partial charge is 0.484 e. The molecule has 0 heterocycles. The monoisotopic (exact) mass is 375 g/mol. The second kappa shape index (κ2) is 10.2. The van der Waals surface area contributed by atoms with Gasteiger partial charge in [-0.05, 0) is 54.8 Å². The Morgan fingerprint density at radius 3 is 2.32 bits per heavy atom. The van der Waals surface area contributed by atoms with Crippen molar-refractivity contribution in [2.75, 3.05) is 11.9 Å². The molecule has 1 N–H and O–H groups in total. The zero-order valence-electron chi connectivity index (χ0n) is 16.1. The molecule has 1 amide bonds. The molecule has 3 aromatic rings. The summed E-state index contributed by atoms with van der Waals surface area (Å²) in [5.74, 6) is 1.79. The molecule has 3 aromatic carbocycles. The summed E-state index contributed by atoms with van der Waals surface area (Å²) in [5, 5.41) is 2.85. The van der Waals surface area contributed by atoms with Crippen LogP contribution in [0.4, 0.5) is 5.69 Å². The van der Waals surface area contributed by atoms with E-state index in [1.165, 1.54) is 18.4 Å². The van der Waals surface area contributed by atoms with Crippen LogP contribution in [0.1, 0.15) is 25.3 Å². The van der Waals surface area contributed by atoms with Crippen LogP contribution in [0.2, 0.25) is 0 Å². The van der Waals surface area contributed by atoms with Gasteiger partial charge in [-0.1, -0.05) is 49.7 Å². The minimum Gasteiger partial charge on any atom is -0.484 e. The van der Waals surface area contributed by atoms with Gasteiger partial charge < -0.3 is 14.8 Å². The van der Waals surface area contributed by atoms with Crippen molar-refractivity contribution in [3.8, 4) is 17.2 Å². The lowest BCUT2D eigenvalue weighted by Gasteiger charge is -2.10. The number of hydrogen-bond acceptors (Lipinski definition) is 3. The van der Waals surface area contributed by atoms with E-state index in [9.17, 15) is 4.79 Å². The third-order valence-corrected chi connectivity index (χ3v) is 4.21. The van der Waals surface area contributed by atoms with E-state index in [0.717, 1.165) is 17.9 Å². The first kappa shape index (κ1) is 19.5. The second-order valence-corrected chi connectivity index (χ2v) is 6.53. The van der Waals surface area contributed by atoms with Crippen LogP contribution >= 0.6 is 0 Å². The van der Waals surface area contributed by atoms with Crippen LogP contribution in [-0.4, -0.2) is 12.5 Å². The summed E-state index contributed by atoms with van der Waals surface area (Å²) in [5.41, 5.74) is 2.06. The van der Waals surface area contributed by atoms with Crippen LogP contribution < -0.4 is 14.8 Å². The van der Waals surface area contributed by atoms with Gasteiger partial charge in [0.05, 0.1) is 0 Å². The van der Waals surface area contributed by atoms with Crippen LogP contribution in [0.15, 0.2) is 78.9 Å². The fourth-order valence-electron chi connectivity index (χ4n) is 2.73. The van der Waals surface area contributed by atoms with Gasteiger partial charge in [-0.2, -0.15) is 0 Å². The van der Waals surface area contributed by atoms with Gasteiger partial charge in [-0.15, -0.1) is 0 Å². The Balaban J connectivity index is 1.49. The van der Waals surface area contributed by atoms with E-state index >= 15 is 0 Å². The summed E-state index contributed by atoms with van der Waals surface area (Å²) in [7, 11) is 0. The van der Waals surface area contributed by atoms with Gasteiger partial charge in [0.15, 0.2) is 6.61 Å². The molecule has 0 saturated heterocycles. The smallest absolute Gasteiger partial charge is 0.262 e. The van der Waals surface area contributed by atoms with E-state index in [1.807, 2.05) is 54.6 Å². The highest BCUT2D eigenvalue weighted by atomic mass is 16.5. The highest BCUT2D eigenvalue weighted by Gasteiger charge is 2.05. The van der Waals surface area contributed by atoms with Crippen molar-refractivity contribution in [1.82, 2.24) is 0 Å². The molecule has 0 aliphatic carbocycles. The normalized spacial score (nSPS) is 10.3. The fraction of sp³-hybridized carbons (Fsp3) is 0.208. The van der Waals surface area contributed by atoms with E-state index in [2.05, 4.69) is 24.4 Å². The van der Waals surface area contributed by atoms with Crippen LogP contribution in [0.5, 0.6) is 17.2 Å². The summed E-state index contributed by atoms with van der Waals surface area (Å²) in [6, 6.07) is 24.7. The average molecular weight is 375 g/mol. The van der Waals surface area contributed by atoms with Gasteiger partial charge in [-0.25, -0.2) is 0 Å². The topological polar surface area (TPSA) is 47.6 Å². The summed E-state index contributed by atoms with van der Waals surface area (Å²) < 4.78 is 11.4. The van der Waals surface area contributed by atoms with Gasteiger partial charge in [0.2, 0.25) is 0 Å². The molecule has 4 heteroatoms. The number of carbonyl (C=O) groups is 1. The van der Waals surface area contributed by atoms with E-state index in [0.29, 0.717) is 11.5 Å². The van der Waals surface area contributed by atoms with E-state index in [4.69, 9.17) is 9.47 Å². The van der Waals surface area contributed by atoms with Crippen molar-refractivity contribution < 1.29 is 14.3 Å². The number of ether oxygens (including phenoxy) is 2. The predicted octanol–water partition coefficient (Wildman–Crippen LogP) is 5.84. The van der Waals surface area contributed by atoms with E-state index in [1.54, 1.807) is 12.1 Å². The van der Waals surface area contributed by atoms with Gasteiger partial charge in [0.25, 0.3) is 5.91 Å². The molecule has 144 valence electrons. The van der Waals surface area contributed by atoms with Crippen molar-refractivity contribution in [3.05, 3.63) is 84.4 Å². The number of amides is 1. The highest BCUT2D eigenvalue weighted by Crippen LogP contribution is 2.25. The lowest BCUT2D eigenvalue weighted by molar-refractivity contribution is -0.118. The molecule has 0 bridgehead atoms. The number of rotatable bonds is 9. The Morgan fingerprint density at radius 2 is 1.57 bits per heavy atom. The van der Waals surface area contributed by atoms with Crippen molar-refractivity contribution >= 4 is 11.6 Å². The summed E-state index contributed by atoms with van der Waals surface area (Å²) in [4.78, 5) is 12.2. The SMILES string of the molecule is CCCCc1ccc(NC(=O)COc2cccc(Oc3ccccc3)c2)cc1. The minimum atomic E-state index is -0.198. The maximum Gasteiger partial charge on any atom is 0.262 e. The standard InChI is InChI=1S/C24H25NO3/c1-2-3-8-19-13-15-20(16-14-19)25-24(26)18-27-22-11-7-12-23(17-22)28-21-9-5-4-6-10-21/h4-7,9-17H,2-3,8,18H2,1H3,(H,25,26). The number of para-hydroxylation sites is 1. The van der Waals surface area contributed by atoms with E-state index in [-0.39, 0.29) is 12.5 Å². The lowest BCUT2D eigenvalue weighted by atomic mass is 10.1. The number of benzene rings is 3. The Bertz CT molecular complexity index is 876. The van der Waals surface area contributed by atoms with Gasteiger partial charge in [0.1, 0.15) is 17.2 Å². The van der Waals surface area contributed by atoms with Gasteiger partial charge >= 0.3 is 0 Å². The second-order valence-electron chi connectivity index (χ2n) is 6.53. The third kappa shape index (κ3) is 6.16. The van der Waals surface area contributed by atoms with Crippen molar-refractivity contribution in [1.29, 1.82) is 0 Å². The number of carbonyl (C=O) groups excluding carboxylic acids is 1. The molecular weight excluding hydrogens is 350 g/mol. The van der Waals surface area contributed by atoms with Gasteiger partial charge in [-0.3, -0.25) is 4.79 Å². The summed E-state index contributed by atoms with van der Waals surface area (Å²) in [6.45, 7) is 2.12. The quantitative estimate of drug-likeness (QED) is 0.511.